The van der Waals surface area contributed by atoms with Crippen molar-refractivity contribution in [3.63, 3.8) is 0 Å². The molecule has 0 aliphatic heterocycles. The second-order valence-corrected chi connectivity index (χ2v) is 5.02. The lowest BCUT2D eigenvalue weighted by atomic mass is 10.1. The molecular formula is C10H17NO6S. The van der Waals surface area contributed by atoms with E-state index < -0.39 is 28.8 Å². The zero-order chi connectivity index (χ0) is 14.3. The van der Waals surface area contributed by atoms with Crippen LogP contribution in [-0.4, -0.2) is 49.9 Å². The maximum Gasteiger partial charge on any atom is 0.345 e. The number of carboxylic acids is 2. The van der Waals surface area contributed by atoms with Gasteiger partial charge in [-0.15, -0.1) is 11.8 Å². The molecular weight excluding hydrogens is 262 g/mol. The molecule has 8 heteroatoms. The van der Waals surface area contributed by atoms with Crippen LogP contribution in [0.4, 0.5) is 0 Å². The molecule has 2 atom stereocenters. The quantitative estimate of drug-likeness (QED) is 0.361. The largest absolute Gasteiger partial charge is 0.481 e. The van der Waals surface area contributed by atoms with E-state index in [1.54, 1.807) is 0 Å². The maximum absolute atomic E-state index is 11.5. The molecule has 0 aromatic carbocycles. The van der Waals surface area contributed by atoms with Gasteiger partial charge in [0.05, 0.1) is 11.1 Å². The molecule has 104 valence electrons. The molecule has 0 saturated heterocycles. The van der Waals surface area contributed by atoms with Crippen LogP contribution in [0.15, 0.2) is 0 Å². The van der Waals surface area contributed by atoms with Gasteiger partial charge in [0, 0.05) is 0 Å². The number of rotatable bonds is 8. The highest BCUT2D eigenvalue weighted by atomic mass is 32.2. The number of aliphatic hydroxyl groups is 1. The monoisotopic (exact) mass is 279 g/mol. The van der Waals surface area contributed by atoms with Crippen molar-refractivity contribution in [3.8, 4) is 0 Å². The van der Waals surface area contributed by atoms with Gasteiger partial charge in [0.1, 0.15) is 0 Å². The summed E-state index contributed by atoms with van der Waals surface area (Å²) in [5.74, 6) is -3.94. The molecule has 0 fully saturated rings. The smallest absolute Gasteiger partial charge is 0.345 e. The highest BCUT2D eigenvalue weighted by Gasteiger charge is 2.39. The van der Waals surface area contributed by atoms with Crippen molar-refractivity contribution >= 4 is 29.6 Å². The van der Waals surface area contributed by atoms with Crippen molar-refractivity contribution in [2.75, 3.05) is 5.75 Å². The minimum atomic E-state index is -2.52. The Morgan fingerprint density at radius 1 is 1.33 bits per heavy atom. The first-order valence-electron chi connectivity index (χ1n) is 5.32. The Morgan fingerprint density at radius 3 is 2.28 bits per heavy atom. The van der Waals surface area contributed by atoms with Gasteiger partial charge in [-0.3, -0.25) is 9.59 Å². The molecule has 0 saturated carbocycles. The van der Waals surface area contributed by atoms with Gasteiger partial charge in [-0.25, -0.2) is 4.79 Å². The van der Waals surface area contributed by atoms with Crippen LogP contribution in [0.1, 0.15) is 26.7 Å². The van der Waals surface area contributed by atoms with E-state index in [0.29, 0.717) is 12.8 Å². The second-order valence-electron chi connectivity index (χ2n) is 3.83. The summed E-state index contributed by atoms with van der Waals surface area (Å²) in [7, 11) is 0. The molecule has 0 bridgehead atoms. The number of carbonyl (C=O) groups is 3. The van der Waals surface area contributed by atoms with Gasteiger partial charge in [0.15, 0.2) is 0 Å². The number of thioether (sulfide) groups is 1. The van der Waals surface area contributed by atoms with Crippen LogP contribution in [-0.2, 0) is 14.4 Å². The predicted octanol–water partition coefficient (Wildman–Crippen LogP) is -0.118. The average Bonchev–Trinajstić information content (AvgIpc) is 2.25. The Kier molecular flexibility index (Phi) is 6.71. The highest BCUT2D eigenvalue weighted by molar-refractivity contribution is 8.00. The van der Waals surface area contributed by atoms with Crippen LogP contribution in [0.25, 0.3) is 0 Å². The summed E-state index contributed by atoms with van der Waals surface area (Å²) in [4.78, 5) is 32.6. The number of hydrogen-bond acceptors (Lipinski definition) is 5. The number of carboxylic acid groups (broad SMARTS) is 2. The molecule has 0 aromatic rings. The van der Waals surface area contributed by atoms with Crippen LogP contribution in [0, 0.1) is 0 Å². The fourth-order valence-electron chi connectivity index (χ4n) is 1.02. The molecule has 18 heavy (non-hydrogen) atoms. The Morgan fingerprint density at radius 2 is 1.89 bits per heavy atom. The molecule has 0 rings (SSSR count). The van der Waals surface area contributed by atoms with Gasteiger partial charge < -0.3 is 20.6 Å². The molecule has 0 heterocycles. The van der Waals surface area contributed by atoms with Gasteiger partial charge in [-0.05, 0) is 13.3 Å². The van der Waals surface area contributed by atoms with E-state index in [2.05, 4.69) is 5.32 Å². The number of nitrogens with one attached hydrogen (secondary N) is 1. The fraction of sp³-hybridized carbons (Fsp3) is 0.700. The Balaban J connectivity index is 4.53. The lowest BCUT2D eigenvalue weighted by Crippen LogP contribution is -2.52. The summed E-state index contributed by atoms with van der Waals surface area (Å²) in [6.45, 7) is 2.71. The standard InChI is InChI=1S/C10H17NO6S/c1-3-4-6(18-5-7(12)13)11-8(14)10(2,17)9(15)16/h6,17H,3-5H2,1-2H3,(H,11,14)(H,12,13)(H,15,16). The van der Waals surface area contributed by atoms with Crippen molar-refractivity contribution in [3.05, 3.63) is 0 Å². The van der Waals surface area contributed by atoms with E-state index in [1.807, 2.05) is 6.92 Å². The van der Waals surface area contributed by atoms with E-state index in [4.69, 9.17) is 10.2 Å². The minimum absolute atomic E-state index is 0.208. The normalized spacial score (nSPS) is 15.5. The second kappa shape index (κ2) is 7.22. The van der Waals surface area contributed by atoms with Crippen molar-refractivity contribution in [2.24, 2.45) is 0 Å². The Bertz CT molecular complexity index is 330. The first-order chi connectivity index (χ1) is 8.21. The van der Waals surface area contributed by atoms with E-state index >= 15 is 0 Å². The van der Waals surface area contributed by atoms with Crippen LogP contribution < -0.4 is 5.32 Å². The van der Waals surface area contributed by atoms with E-state index in [9.17, 15) is 19.5 Å². The zero-order valence-corrected chi connectivity index (χ0v) is 11.0. The summed E-state index contributed by atoms with van der Waals surface area (Å²) < 4.78 is 0. The fourth-order valence-corrected chi connectivity index (χ4v) is 1.95. The third-order valence-corrected chi connectivity index (χ3v) is 3.28. The Labute approximate surface area is 109 Å². The summed E-state index contributed by atoms with van der Waals surface area (Å²) in [6, 6.07) is 0. The molecule has 0 radical (unpaired) electrons. The molecule has 1 amide bonds. The summed E-state index contributed by atoms with van der Waals surface area (Å²) in [5, 5.41) is 28.4. The molecule has 0 aliphatic rings. The van der Waals surface area contributed by atoms with E-state index in [1.165, 1.54) is 0 Å². The summed E-state index contributed by atoms with van der Waals surface area (Å²) >= 11 is 0.975. The van der Waals surface area contributed by atoms with Gasteiger partial charge in [-0.2, -0.15) is 0 Å². The lowest BCUT2D eigenvalue weighted by molar-refractivity contribution is -0.164. The molecule has 7 nitrogen and oxygen atoms in total. The van der Waals surface area contributed by atoms with Gasteiger partial charge in [-0.1, -0.05) is 13.3 Å². The van der Waals surface area contributed by atoms with Crippen molar-refractivity contribution < 1.29 is 29.7 Å². The number of aliphatic carboxylic acids is 2. The predicted molar refractivity (Wildman–Crippen MR) is 65.2 cm³/mol. The molecule has 0 aliphatic carbocycles. The zero-order valence-electron chi connectivity index (χ0n) is 10.2. The van der Waals surface area contributed by atoms with Crippen molar-refractivity contribution in [1.29, 1.82) is 0 Å². The first-order valence-corrected chi connectivity index (χ1v) is 6.36. The van der Waals surface area contributed by atoms with E-state index in [0.717, 1.165) is 18.7 Å². The molecule has 0 spiro atoms. The third kappa shape index (κ3) is 5.37. The van der Waals surface area contributed by atoms with Gasteiger partial charge in [0.2, 0.25) is 5.60 Å². The van der Waals surface area contributed by atoms with Crippen LogP contribution in [0.3, 0.4) is 0 Å². The highest BCUT2D eigenvalue weighted by Crippen LogP contribution is 2.15. The van der Waals surface area contributed by atoms with Crippen molar-refractivity contribution in [2.45, 2.75) is 37.7 Å². The van der Waals surface area contributed by atoms with Crippen LogP contribution >= 0.6 is 11.8 Å². The van der Waals surface area contributed by atoms with E-state index in [-0.39, 0.29) is 5.75 Å². The number of amides is 1. The lowest BCUT2D eigenvalue weighted by Gasteiger charge is -2.22. The molecule has 4 N–H and O–H groups in total. The summed E-state index contributed by atoms with van der Waals surface area (Å²) in [5.41, 5.74) is -2.52. The SMILES string of the molecule is CCCC(NC(=O)C(C)(O)C(=O)O)SCC(=O)O. The number of carbonyl (C=O) groups excluding carboxylic acids is 1. The number of hydrogen-bond donors (Lipinski definition) is 4. The summed E-state index contributed by atoms with van der Waals surface area (Å²) in [6.07, 6.45) is 1.17. The van der Waals surface area contributed by atoms with Crippen LogP contribution in [0.2, 0.25) is 0 Å². The first kappa shape index (κ1) is 16.7. The van der Waals surface area contributed by atoms with Crippen LogP contribution in [0.5, 0.6) is 0 Å². The van der Waals surface area contributed by atoms with Gasteiger partial charge in [0.25, 0.3) is 5.91 Å². The van der Waals surface area contributed by atoms with Crippen molar-refractivity contribution in [1.82, 2.24) is 5.32 Å². The van der Waals surface area contributed by atoms with Gasteiger partial charge >= 0.3 is 11.9 Å². The Hall–Kier alpha value is -1.28. The molecule has 0 aromatic heterocycles. The third-order valence-electron chi connectivity index (χ3n) is 2.11. The minimum Gasteiger partial charge on any atom is -0.481 e. The molecule has 2 unspecified atom stereocenters. The maximum atomic E-state index is 11.5. The average molecular weight is 279 g/mol. The topological polar surface area (TPSA) is 124 Å².